The molecule has 2 unspecified atom stereocenters. The monoisotopic (exact) mass is 293 g/mol. The van der Waals surface area contributed by atoms with E-state index in [1.807, 2.05) is 20.8 Å². The fraction of sp³-hybridized carbons (Fsp3) is 1.00. The van der Waals surface area contributed by atoms with Crippen LogP contribution in [0.2, 0.25) is 0 Å². The van der Waals surface area contributed by atoms with E-state index in [1.165, 1.54) is 0 Å². The van der Waals surface area contributed by atoms with E-state index < -0.39 is 6.23 Å². The Kier molecular flexibility index (Phi) is 11.3. The molecule has 0 spiro atoms. The van der Waals surface area contributed by atoms with Crippen LogP contribution in [0.5, 0.6) is 0 Å². The highest BCUT2D eigenvalue weighted by molar-refractivity contribution is 4.81. The fourth-order valence-corrected chi connectivity index (χ4v) is 2.18. The van der Waals surface area contributed by atoms with Crippen LogP contribution in [-0.4, -0.2) is 61.7 Å². The molecule has 0 radical (unpaired) electrons. The molecule has 0 saturated heterocycles. The van der Waals surface area contributed by atoms with Crippen molar-refractivity contribution in [3.63, 3.8) is 0 Å². The topological polar surface area (TPSA) is 94.2 Å². The molecular weight excluding hydrogens is 262 g/mol. The van der Waals surface area contributed by atoms with E-state index in [2.05, 4.69) is 0 Å². The molecule has 0 bridgehead atoms. The number of hydrogen-bond acceptors (Lipinski definition) is 6. The molecule has 122 valence electrons. The quantitative estimate of drug-likeness (QED) is 0.338. The van der Waals surface area contributed by atoms with Gasteiger partial charge in [-0.25, -0.2) is 0 Å². The minimum atomic E-state index is -0.426. The molecule has 0 aliphatic carbocycles. The maximum atomic E-state index is 8.74. The summed E-state index contributed by atoms with van der Waals surface area (Å²) in [7, 11) is 0. The Morgan fingerprint density at radius 1 is 1.10 bits per heavy atom. The molecule has 0 aromatic rings. The number of nitrogens with two attached hydrogens (primary N) is 1. The molecule has 2 atom stereocenters. The van der Waals surface area contributed by atoms with Gasteiger partial charge in [0.1, 0.15) is 6.23 Å². The summed E-state index contributed by atoms with van der Waals surface area (Å²) in [6.07, 6.45) is 0.989. The Morgan fingerprint density at radius 2 is 1.75 bits per heavy atom. The van der Waals surface area contributed by atoms with E-state index in [0.29, 0.717) is 26.2 Å². The van der Waals surface area contributed by atoms with Crippen molar-refractivity contribution in [3.05, 3.63) is 0 Å². The second-order valence-electron chi connectivity index (χ2n) is 5.23. The average Bonchev–Trinajstić information content (AvgIpc) is 2.39. The van der Waals surface area contributed by atoms with Crippen LogP contribution < -0.4 is 5.73 Å². The van der Waals surface area contributed by atoms with Gasteiger partial charge in [0.2, 0.25) is 0 Å². The predicted octanol–water partition coefficient (Wildman–Crippen LogP) is 0.501. The summed E-state index contributed by atoms with van der Waals surface area (Å²) in [6.45, 7) is 7.79. The van der Waals surface area contributed by atoms with Gasteiger partial charge in [-0.2, -0.15) is 0 Å². The van der Waals surface area contributed by atoms with E-state index in [4.69, 9.17) is 30.2 Å². The molecule has 0 heterocycles. The third kappa shape index (κ3) is 8.84. The highest BCUT2D eigenvalue weighted by Crippen LogP contribution is 2.28. The molecule has 0 aliphatic heterocycles. The van der Waals surface area contributed by atoms with Gasteiger partial charge in [-0.3, -0.25) is 0 Å². The summed E-state index contributed by atoms with van der Waals surface area (Å²) in [6, 6.07) is 0. The van der Waals surface area contributed by atoms with Crippen LogP contribution in [0, 0.1) is 5.92 Å². The molecule has 0 amide bonds. The van der Waals surface area contributed by atoms with Crippen molar-refractivity contribution in [3.8, 4) is 0 Å². The number of aliphatic hydroxyl groups is 2. The van der Waals surface area contributed by atoms with E-state index in [0.717, 1.165) is 6.42 Å². The number of ether oxygens (including phenoxy) is 3. The molecule has 0 aromatic heterocycles. The van der Waals surface area contributed by atoms with Crippen molar-refractivity contribution in [2.24, 2.45) is 11.7 Å². The molecular formula is C14H31NO5. The lowest BCUT2D eigenvalue weighted by atomic mass is 9.85. The van der Waals surface area contributed by atoms with Crippen molar-refractivity contribution in [2.45, 2.75) is 45.4 Å². The summed E-state index contributed by atoms with van der Waals surface area (Å²) in [5.41, 5.74) is 5.59. The van der Waals surface area contributed by atoms with Crippen molar-refractivity contribution in [1.82, 2.24) is 0 Å². The van der Waals surface area contributed by atoms with Crippen molar-refractivity contribution in [2.75, 3.05) is 39.6 Å². The Morgan fingerprint density at radius 3 is 2.30 bits per heavy atom. The van der Waals surface area contributed by atoms with Crippen molar-refractivity contribution < 1.29 is 24.4 Å². The molecule has 0 saturated carbocycles. The van der Waals surface area contributed by atoms with E-state index >= 15 is 0 Å². The standard InChI is InChI=1S/C14H31NO5/c1-4-20-14(2,3)12(5-8-18-9-6-16)11-13(15)19-10-7-17/h12-13,16-17H,4-11,15H2,1-3H3. The van der Waals surface area contributed by atoms with Gasteiger partial charge in [-0.1, -0.05) is 0 Å². The number of aliphatic hydroxyl groups excluding tert-OH is 2. The van der Waals surface area contributed by atoms with E-state index in [1.54, 1.807) is 0 Å². The Hall–Kier alpha value is -0.240. The minimum absolute atomic E-state index is 0.0264. The van der Waals surface area contributed by atoms with E-state index in [-0.39, 0.29) is 31.3 Å². The fourth-order valence-electron chi connectivity index (χ4n) is 2.18. The highest BCUT2D eigenvalue weighted by Gasteiger charge is 2.31. The first kappa shape index (κ1) is 19.8. The smallest absolute Gasteiger partial charge is 0.106 e. The van der Waals surface area contributed by atoms with Crippen molar-refractivity contribution >= 4 is 0 Å². The zero-order valence-electron chi connectivity index (χ0n) is 13.0. The van der Waals surface area contributed by atoms with Gasteiger partial charge in [0.25, 0.3) is 0 Å². The molecule has 6 nitrogen and oxygen atoms in total. The van der Waals surface area contributed by atoms with Gasteiger partial charge in [0, 0.05) is 13.2 Å². The third-order valence-corrected chi connectivity index (χ3v) is 3.29. The maximum absolute atomic E-state index is 8.74. The highest BCUT2D eigenvalue weighted by atomic mass is 16.5. The largest absolute Gasteiger partial charge is 0.394 e. The number of rotatable bonds is 13. The summed E-state index contributed by atoms with van der Waals surface area (Å²) < 4.78 is 16.4. The predicted molar refractivity (Wildman–Crippen MR) is 77.3 cm³/mol. The Labute approximate surface area is 122 Å². The summed E-state index contributed by atoms with van der Waals surface area (Å²) >= 11 is 0. The lowest BCUT2D eigenvalue weighted by Gasteiger charge is -2.35. The average molecular weight is 293 g/mol. The zero-order chi connectivity index (χ0) is 15.4. The van der Waals surface area contributed by atoms with Crippen LogP contribution in [0.4, 0.5) is 0 Å². The third-order valence-electron chi connectivity index (χ3n) is 3.29. The normalized spacial score (nSPS) is 15.3. The summed E-state index contributed by atoms with van der Waals surface area (Å²) in [5, 5.41) is 17.4. The van der Waals surface area contributed by atoms with Crippen LogP contribution in [0.15, 0.2) is 0 Å². The molecule has 4 N–H and O–H groups in total. The molecule has 0 rings (SSSR count). The van der Waals surface area contributed by atoms with Gasteiger partial charge < -0.3 is 30.2 Å². The molecule has 6 heteroatoms. The van der Waals surface area contributed by atoms with Crippen LogP contribution in [-0.2, 0) is 14.2 Å². The molecule has 0 aliphatic rings. The van der Waals surface area contributed by atoms with Crippen LogP contribution in [0.3, 0.4) is 0 Å². The first-order valence-electron chi connectivity index (χ1n) is 7.28. The first-order valence-corrected chi connectivity index (χ1v) is 7.28. The lowest BCUT2D eigenvalue weighted by molar-refractivity contribution is -0.0837. The molecule has 0 aromatic carbocycles. The second-order valence-corrected chi connectivity index (χ2v) is 5.23. The van der Waals surface area contributed by atoms with Gasteiger partial charge in [-0.15, -0.1) is 0 Å². The van der Waals surface area contributed by atoms with Crippen LogP contribution >= 0.6 is 0 Å². The Balaban J connectivity index is 4.37. The minimum Gasteiger partial charge on any atom is -0.394 e. The van der Waals surface area contributed by atoms with Crippen LogP contribution in [0.25, 0.3) is 0 Å². The first-order chi connectivity index (χ1) is 9.47. The van der Waals surface area contributed by atoms with Gasteiger partial charge in [0.15, 0.2) is 0 Å². The van der Waals surface area contributed by atoms with E-state index in [9.17, 15) is 0 Å². The van der Waals surface area contributed by atoms with Crippen LogP contribution in [0.1, 0.15) is 33.6 Å². The second kappa shape index (κ2) is 11.4. The molecule has 0 fully saturated rings. The number of hydrogen-bond donors (Lipinski definition) is 3. The maximum Gasteiger partial charge on any atom is 0.106 e. The van der Waals surface area contributed by atoms with Gasteiger partial charge in [0.05, 0.1) is 32.0 Å². The van der Waals surface area contributed by atoms with Crippen molar-refractivity contribution in [1.29, 1.82) is 0 Å². The lowest BCUT2D eigenvalue weighted by Crippen LogP contribution is -2.40. The molecule has 20 heavy (non-hydrogen) atoms. The SMILES string of the molecule is CCOC(C)(C)C(CCOCCO)CC(N)OCCO. The zero-order valence-corrected chi connectivity index (χ0v) is 13.0. The Bertz CT molecular complexity index is 226. The van der Waals surface area contributed by atoms with Gasteiger partial charge in [-0.05, 0) is 39.5 Å². The van der Waals surface area contributed by atoms with Gasteiger partial charge >= 0.3 is 0 Å². The summed E-state index contributed by atoms with van der Waals surface area (Å²) in [4.78, 5) is 0. The summed E-state index contributed by atoms with van der Waals surface area (Å²) in [5.74, 6) is 0.176.